The molecule has 0 aliphatic carbocycles. The molecule has 1 fully saturated rings. The van der Waals surface area contributed by atoms with Gasteiger partial charge < -0.3 is 15.5 Å². The Morgan fingerprint density at radius 1 is 1.07 bits per heavy atom. The van der Waals surface area contributed by atoms with Crippen molar-refractivity contribution in [1.29, 1.82) is 5.26 Å². The number of carbonyl (C=O) groups excluding carboxylic acids is 3. The van der Waals surface area contributed by atoms with E-state index in [2.05, 4.69) is 17.6 Å². The molecule has 7 nitrogen and oxygen atoms in total. The van der Waals surface area contributed by atoms with E-state index >= 15 is 0 Å². The topological polar surface area (TPSA) is 102 Å². The third-order valence-electron chi connectivity index (χ3n) is 5.05. The molecule has 1 saturated heterocycles. The minimum absolute atomic E-state index is 0.0263. The molecule has 0 radical (unpaired) electrons. The van der Waals surface area contributed by atoms with Gasteiger partial charge in [0.25, 0.3) is 5.91 Å². The van der Waals surface area contributed by atoms with Gasteiger partial charge in [-0.1, -0.05) is 13.3 Å². The second-order valence-corrected chi connectivity index (χ2v) is 7.30. The predicted octanol–water partition coefficient (Wildman–Crippen LogP) is 3.40. The quantitative estimate of drug-likeness (QED) is 0.738. The van der Waals surface area contributed by atoms with Crippen molar-refractivity contribution in [3.63, 3.8) is 0 Å². The molecule has 154 valence electrons. The van der Waals surface area contributed by atoms with Gasteiger partial charge in [-0.05, 0) is 55.0 Å². The summed E-state index contributed by atoms with van der Waals surface area (Å²) in [6.07, 6.45) is 2.18. The van der Waals surface area contributed by atoms with Gasteiger partial charge in [-0.15, -0.1) is 0 Å². The number of likely N-dealkylation sites (tertiary alicyclic amines) is 1. The summed E-state index contributed by atoms with van der Waals surface area (Å²) in [5.41, 5.74) is 2.13. The van der Waals surface area contributed by atoms with E-state index in [-0.39, 0.29) is 30.1 Å². The number of hydrogen-bond donors (Lipinski definition) is 2. The Morgan fingerprint density at radius 2 is 1.70 bits per heavy atom. The van der Waals surface area contributed by atoms with E-state index in [1.807, 2.05) is 6.07 Å². The Bertz CT molecular complexity index is 961. The summed E-state index contributed by atoms with van der Waals surface area (Å²) < 4.78 is 0. The maximum atomic E-state index is 12.5. The Morgan fingerprint density at radius 3 is 2.33 bits per heavy atom. The Labute approximate surface area is 175 Å². The van der Waals surface area contributed by atoms with Crippen LogP contribution in [0.2, 0.25) is 0 Å². The van der Waals surface area contributed by atoms with E-state index in [4.69, 9.17) is 5.26 Å². The maximum Gasteiger partial charge on any atom is 0.255 e. The summed E-state index contributed by atoms with van der Waals surface area (Å²) in [4.78, 5) is 38.7. The van der Waals surface area contributed by atoms with E-state index in [0.29, 0.717) is 35.6 Å². The van der Waals surface area contributed by atoms with E-state index in [9.17, 15) is 14.4 Å². The molecule has 1 atom stereocenters. The van der Waals surface area contributed by atoms with E-state index in [0.717, 1.165) is 12.8 Å². The highest BCUT2D eigenvalue weighted by Gasteiger charge is 2.33. The molecular formula is C23H24N4O3. The van der Waals surface area contributed by atoms with Crippen molar-refractivity contribution in [2.75, 3.05) is 23.7 Å². The molecule has 2 aromatic rings. The van der Waals surface area contributed by atoms with Crippen LogP contribution in [0.15, 0.2) is 48.5 Å². The largest absolute Gasteiger partial charge is 0.342 e. The van der Waals surface area contributed by atoms with Crippen molar-refractivity contribution >= 4 is 29.1 Å². The van der Waals surface area contributed by atoms with Crippen LogP contribution in [-0.2, 0) is 9.59 Å². The summed E-state index contributed by atoms with van der Waals surface area (Å²) >= 11 is 0. The van der Waals surface area contributed by atoms with Crippen LogP contribution >= 0.6 is 0 Å². The summed E-state index contributed by atoms with van der Waals surface area (Å²) in [5.74, 6) is -0.796. The lowest BCUT2D eigenvalue weighted by Crippen LogP contribution is -2.29. The number of carbonyl (C=O) groups is 3. The Kier molecular flexibility index (Phi) is 6.81. The second-order valence-electron chi connectivity index (χ2n) is 7.30. The lowest BCUT2D eigenvalue weighted by molar-refractivity contribution is -0.128. The van der Waals surface area contributed by atoms with Crippen LogP contribution in [0.4, 0.5) is 11.4 Å². The lowest BCUT2D eigenvalue weighted by atomic mass is 10.1. The van der Waals surface area contributed by atoms with Gasteiger partial charge in [-0.25, -0.2) is 0 Å². The van der Waals surface area contributed by atoms with Gasteiger partial charge >= 0.3 is 0 Å². The summed E-state index contributed by atoms with van der Waals surface area (Å²) in [5, 5.41) is 14.4. The summed E-state index contributed by atoms with van der Waals surface area (Å²) in [7, 11) is 0. The zero-order valence-electron chi connectivity index (χ0n) is 16.9. The molecule has 30 heavy (non-hydrogen) atoms. The number of unbranched alkanes of at least 4 members (excludes halogenated alkanes) is 1. The van der Waals surface area contributed by atoms with Crippen LogP contribution in [0.1, 0.15) is 42.1 Å². The van der Waals surface area contributed by atoms with Crippen molar-refractivity contribution < 1.29 is 14.4 Å². The molecule has 1 aliphatic rings. The predicted molar refractivity (Wildman–Crippen MR) is 114 cm³/mol. The maximum absolute atomic E-state index is 12.5. The van der Waals surface area contributed by atoms with E-state index in [1.54, 1.807) is 53.4 Å². The van der Waals surface area contributed by atoms with Crippen molar-refractivity contribution in [2.24, 2.45) is 5.92 Å². The first-order valence-corrected chi connectivity index (χ1v) is 10.0. The number of nitrogens with one attached hydrogen (secondary N) is 2. The standard InChI is InChI=1S/C23H24N4O3/c1-2-3-12-27-15-18(13-21(27)28)23(30)26-20-10-6-17(7-11-20)22(29)25-19-8-4-16(14-24)5-9-19/h4-11,18H,2-3,12-13,15H2,1H3,(H,25,29)(H,26,30)/t18-/m0/s1. The Hall–Kier alpha value is -3.66. The van der Waals surface area contributed by atoms with Crippen LogP contribution in [0.5, 0.6) is 0 Å². The number of benzene rings is 2. The molecule has 1 aliphatic heterocycles. The first-order valence-electron chi connectivity index (χ1n) is 10.0. The van der Waals surface area contributed by atoms with Crippen LogP contribution in [0.25, 0.3) is 0 Å². The summed E-state index contributed by atoms with van der Waals surface area (Å²) in [6.45, 7) is 3.22. The highest BCUT2D eigenvalue weighted by Crippen LogP contribution is 2.21. The molecule has 3 amide bonds. The third-order valence-corrected chi connectivity index (χ3v) is 5.05. The fourth-order valence-electron chi connectivity index (χ4n) is 3.29. The van der Waals surface area contributed by atoms with Crippen LogP contribution in [0, 0.1) is 17.2 Å². The number of nitriles is 1. The molecule has 1 heterocycles. The molecule has 2 N–H and O–H groups in total. The minimum atomic E-state index is -0.353. The van der Waals surface area contributed by atoms with Gasteiger partial charge in [0.1, 0.15) is 0 Å². The first kappa shape index (κ1) is 21.1. The molecule has 0 bridgehead atoms. The van der Waals surface area contributed by atoms with Gasteiger partial charge in [-0.2, -0.15) is 5.26 Å². The van der Waals surface area contributed by atoms with Crippen LogP contribution in [0.3, 0.4) is 0 Å². The van der Waals surface area contributed by atoms with Crippen molar-refractivity contribution in [2.45, 2.75) is 26.2 Å². The molecule has 0 saturated carbocycles. The van der Waals surface area contributed by atoms with Gasteiger partial charge in [-0.3, -0.25) is 14.4 Å². The van der Waals surface area contributed by atoms with Crippen LogP contribution < -0.4 is 10.6 Å². The number of rotatable bonds is 7. The molecule has 2 aromatic carbocycles. The van der Waals surface area contributed by atoms with Gasteiger partial charge in [0.05, 0.1) is 17.6 Å². The molecule has 0 aromatic heterocycles. The van der Waals surface area contributed by atoms with Gasteiger partial charge in [0.15, 0.2) is 0 Å². The second kappa shape index (κ2) is 9.70. The first-order chi connectivity index (χ1) is 14.5. The number of anilines is 2. The molecule has 0 unspecified atom stereocenters. The average molecular weight is 404 g/mol. The average Bonchev–Trinajstić information content (AvgIpc) is 3.14. The SMILES string of the molecule is CCCCN1C[C@@H](C(=O)Nc2ccc(C(=O)Nc3ccc(C#N)cc3)cc2)CC1=O. The molecule has 0 spiro atoms. The smallest absolute Gasteiger partial charge is 0.255 e. The van der Waals surface area contributed by atoms with E-state index < -0.39 is 0 Å². The lowest BCUT2D eigenvalue weighted by Gasteiger charge is -2.16. The van der Waals surface area contributed by atoms with E-state index in [1.165, 1.54) is 0 Å². The molecular weight excluding hydrogens is 380 g/mol. The molecule has 3 rings (SSSR count). The van der Waals surface area contributed by atoms with Crippen molar-refractivity contribution in [1.82, 2.24) is 4.90 Å². The molecule has 7 heteroatoms. The number of hydrogen-bond acceptors (Lipinski definition) is 4. The van der Waals surface area contributed by atoms with Crippen molar-refractivity contribution in [3.8, 4) is 6.07 Å². The number of amides is 3. The zero-order valence-corrected chi connectivity index (χ0v) is 16.9. The monoisotopic (exact) mass is 404 g/mol. The fraction of sp³-hybridized carbons (Fsp3) is 0.304. The fourth-order valence-corrected chi connectivity index (χ4v) is 3.29. The highest BCUT2D eigenvalue weighted by molar-refractivity contribution is 6.05. The highest BCUT2D eigenvalue weighted by atomic mass is 16.2. The minimum Gasteiger partial charge on any atom is -0.342 e. The van der Waals surface area contributed by atoms with Gasteiger partial charge in [0, 0.05) is 36.4 Å². The normalized spacial score (nSPS) is 15.5. The van der Waals surface area contributed by atoms with Crippen molar-refractivity contribution in [3.05, 3.63) is 59.7 Å². The number of nitrogens with zero attached hydrogens (tertiary/aromatic N) is 2. The Balaban J connectivity index is 1.55. The third kappa shape index (κ3) is 5.23. The zero-order chi connectivity index (χ0) is 21.5. The van der Waals surface area contributed by atoms with Gasteiger partial charge in [0.2, 0.25) is 11.8 Å². The summed E-state index contributed by atoms with van der Waals surface area (Å²) in [6, 6.07) is 15.2. The van der Waals surface area contributed by atoms with Crippen LogP contribution in [-0.4, -0.2) is 35.7 Å².